The van der Waals surface area contributed by atoms with Crippen molar-refractivity contribution in [2.75, 3.05) is 25.5 Å². The number of hydrogen-bond donors (Lipinski definition) is 3. The number of nitrogens with zero attached hydrogens (tertiary/aromatic N) is 1. The van der Waals surface area contributed by atoms with E-state index in [1.165, 1.54) is 36.4 Å². The summed E-state index contributed by atoms with van der Waals surface area (Å²) in [5.74, 6) is -1.21. The van der Waals surface area contributed by atoms with Gasteiger partial charge in [0.05, 0.1) is 16.9 Å². The molecule has 2 rings (SSSR count). The third kappa shape index (κ3) is 5.77. The molecule has 142 valence electrons. The van der Waals surface area contributed by atoms with Crippen molar-refractivity contribution in [3.8, 4) is 0 Å². The average Bonchev–Trinajstić information content (AvgIpc) is 2.64. The largest absolute Gasteiger partial charge is 0.387 e. The third-order valence-corrected chi connectivity index (χ3v) is 3.71. The van der Waals surface area contributed by atoms with Gasteiger partial charge in [0.25, 0.3) is 11.6 Å². The van der Waals surface area contributed by atoms with E-state index in [0.29, 0.717) is 11.3 Å². The van der Waals surface area contributed by atoms with Crippen LogP contribution in [0.25, 0.3) is 0 Å². The number of nitrogens with one attached hydrogen (secondary N) is 3. The highest BCUT2D eigenvalue weighted by atomic mass is 19.1. The van der Waals surface area contributed by atoms with Crippen LogP contribution in [0.1, 0.15) is 15.9 Å². The van der Waals surface area contributed by atoms with Crippen molar-refractivity contribution in [2.45, 2.75) is 6.42 Å². The molecular formula is C18H19FN4O4. The summed E-state index contributed by atoms with van der Waals surface area (Å²) in [5, 5.41) is 18.9. The van der Waals surface area contributed by atoms with Crippen molar-refractivity contribution in [3.63, 3.8) is 0 Å². The summed E-state index contributed by atoms with van der Waals surface area (Å²) < 4.78 is 13.1. The molecule has 0 aliphatic rings. The lowest BCUT2D eigenvalue weighted by molar-refractivity contribution is -0.384. The zero-order valence-electron chi connectivity index (χ0n) is 14.6. The molecule has 8 nitrogen and oxygen atoms in total. The van der Waals surface area contributed by atoms with Crippen molar-refractivity contribution in [1.82, 2.24) is 10.6 Å². The maximum absolute atomic E-state index is 13.1. The smallest absolute Gasteiger partial charge is 0.270 e. The van der Waals surface area contributed by atoms with E-state index in [0.717, 1.165) is 0 Å². The summed E-state index contributed by atoms with van der Waals surface area (Å²) in [7, 11) is 1.60. The van der Waals surface area contributed by atoms with E-state index < -0.39 is 16.6 Å². The number of carbonyl (C=O) groups excluding carboxylic acids is 2. The average molecular weight is 374 g/mol. The number of non-ortho nitro benzene ring substituents is 1. The van der Waals surface area contributed by atoms with E-state index in [2.05, 4.69) is 16.0 Å². The maximum Gasteiger partial charge on any atom is 0.270 e. The first-order valence-corrected chi connectivity index (χ1v) is 8.16. The summed E-state index contributed by atoms with van der Waals surface area (Å²) >= 11 is 0. The second-order valence-electron chi connectivity index (χ2n) is 5.65. The predicted octanol–water partition coefficient (Wildman–Crippen LogP) is 1.86. The Kier molecular flexibility index (Phi) is 6.81. The molecule has 0 aromatic heterocycles. The van der Waals surface area contributed by atoms with Crippen molar-refractivity contribution in [3.05, 3.63) is 69.5 Å². The minimum absolute atomic E-state index is 0.0283. The lowest BCUT2D eigenvalue weighted by atomic mass is 10.1. The molecule has 0 radical (unpaired) electrons. The van der Waals surface area contributed by atoms with Crippen LogP contribution < -0.4 is 16.0 Å². The zero-order chi connectivity index (χ0) is 19.8. The summed E-state index contributed by atoms with van der Waals surface area (Å²) in [6.07, 6.45) is 0.0283. The van der Waals surface area contributed by atoms with Gasteiger partial charge in [-0.15, -0.1) is 0 Å². The number of nitro benzene ring substituents is 1. The zero-order valence-corrected chi connectivity index (χ0v) is 14.6. The number of carbonyl (C=O) groups is 2. The summed E-state index contributed by atoms with van der Waals surface area (Å²) in [6, 6.07) is 9.68. The number of benzene rings is 2. The number of nitro groups is 1. The van der Waals surface area contributed by atoms with Crippen LogP contribution in [0.4, 0.5) is 15.8 Å². The predicted molar refractivity (Wildman–Crippen MR) is 98.1 cm³/mol. The van der Waals surface area contributed by atoms with Crippen molar-refractivity contribution >= 4 is 23.2 Å². The van der Waals surface area contributed by atoms with E-state index >= 15 is 0 Å². The number of amides is 2. The Hall–Kier alpha value is -3.49. The van der Waals surface area contributed by atoms with Crippen LogP contribution in [0, 0.1) is 15.9 Å². The van der Waals surface area contributed by atoms with Gasteiger partial charge in [-0.25, -0.2) is 4.39 Å². The first kappa shape index (κ1) is 19.8. The Bertz CT molecular complexity index is 857. The number of anilines is 1. The first-order valence-electron chi connectivity index (χ1n) is 8.16. The summed E-state index contributed by atoms with van der Waals surface area (Å²) in [5.41, 5.74) is 0.945. The van der Waals surface area contributed by atoms with E-state index in [9.17, 15) is 24.1 Å². The maximum atomic E-state index is 13.1. The molecule has 0 atom stereocenters. The van der Waals surface area contributed by atoms with Gasteiger partial charge >= 0.3 is 0 Å². The van der Waals surface area contributed by atoms with Crippen LogP contribution in [0.2, 0.25) is 0 Å². The Balaban J connectivity index is 1.84. The van der Waals surface area contributed by atoms with E-state index in [1.54, 1.807) is 13.1 Å². The Labute approximate surface area is 154 Å². The van der Waals surface area contributed by atoms with Crippen LogP contribution >= 0.6 is 0 Å². The van der Waals surface area contributed by atoms with Crippen LogP contribution in [0.15, 0.2) is 42.5 Å². The second-order valence-corrected chi connectivity index (χ2v) is 5.65. The highest BCUT2D eigenvalue weighted by molar-refractivity contribution is 6.00. The molecule has 2 amide bonds. The molecule has 0 heterocycles. The Morgan fingerprint density at radius 2 is 1.85 bits per heavy atom. The molecule has 0 saturated heterocycles. The van der Waals surface area contributed by atoms with Gasteiger partial charge in [-0.05, 0) is 23.8 Å². The molecule has 0 spiro atoms. The molecule has 27 heavy (non-hydrogen) atoms. The van der Waals surface area contributed by atoms with Crippen molar-refractivity contribution in [2.24, 2.45) is 0 Å². The fourth-order valence-electron chi connectivity index (χ4n) is 2.42. The lowest BCUT2D eigenvalue weighted by Gasteiger charge is -2.10. The summed E-state index contributed by atoms with van der Waals surface area (Å²) in [4.78, 5) is 34.4. The van der Waals surface area contributed by atoms with E-state index in [-0.39, 0.29) is 36.7 Å². The standard InChI is InChI=1S/C18H19FN4O4/c1-20-16-6-5-14(23(26)27)11-15(16)18(25)22-8-7-21-17(24)10-12-3-2-4-13(19)9-12/h2-6,9,11,20H,7-8,10H2,1H3,(H,21,24)(H,22,25). The molecule has 0 aliphatic carbocycles. The number of hydrogen-bond acceptors (Lipinski definition) is 5. The first-order chi connectivity index (χ1) is 12.9. The van der Waals surface area contributed by atoms with Crippen LogP contribution in [0.5, 0.6) is 0 Å². The molecule has 2 aromatic rings. The van der Waals surface area contributed by atoms with Gasteiger partial charge in [0, 0.05) is 38.0 Å². The highest BCUT2D eigenvalue weighted by Crippen LogP contribution is 2.21. The topological polar surface area (TPSA) is 113 Å². The number of halogens is 1. The molecule has 0 saturated carbocycles. The SMILES string of the molecule is CNc1ccc([N+](=O)[O-])cc1C(=O)NCCNC(=O)Cc1cccc(F)c1. The van der Waals surface area contributed by atoms with Crippen LogP contribution in [-0.2, 0) is 11.2 Å². The summed E-state index contributed by atoms with van der Waals surface area (Å²) in [6.45, 7) is 0.309. The molecule has 9 heteroatoms. The fraction of sp³-hybridized carbons (Fsp3) is 0.222. The second kappa shape index (κ2) is 9.27. The Morgan fingerprint density at radius 3 is 2.52 bits per heavy atom. The van der Waals surface area contributed by atoms with E-state index in [1.807, 2.05) is 0 Å². The molecule has 0 aliphatic heterocycles. The van der Waals surface area contributed by atoms with Crippen LogP contribution in [0.3, 0.4) is 0 Å². The van der Waals surface area contributed by atoms with E-state index in [4.69, 9.17) is 0 Å². The molecule has 0 unspecified atom stereocenters. The molecule has 2 aromatic carbocycles. The lowest BCUT2D eigenvalue weighted by Crippen LogP contribution is -2.35. The van der Waals surface area contributed by atoms with Gasteiger partial charge < -0.3 is 16.0 Å². The van der Waals surface area contributed by atoms with Crippen molar-refractivity contribution in [1.29, 1.82) is 0 Å². The van der Waals surface area contributed by atoms with Gasteiger partial charge in [-0.3, -0.25) is 19.7 Å². The highest BCUT2D eigenvalue weighted by Gasteiger charge is 2.16. The molecule has 0 fully saturated rings. The normalized spacial score (nSPS) is 10.1. The Morgan fingerprint density at radius 1 is 1.11 bits per heavy atom. The quantitative estimate of drug-likeness (QED) is 0.371. The molecule has 0 bridgehead atoms. The monoisotopic (exact) mass is 374 g/mol. The van der Waals surface area contributed by atoms with Gasteiger partial charge in [-0.1, -0.05) is 12.1 Å². The minimum atomic E-state index is -0.580. The van der Waals surface area contributed by atoms with Gasteiger partial charge in [-0.2, -0.15) is 0 Å². The van der Waals surface area contributed by atoms with Gasteiger partial charge in [0.15, 0.2) is 0 Å². The van der Waals surface area contributed by atoms with Gasteiger partial charge in [0.2, 0.25) is 5.91 Å². The fourth-order valence-corrected chi connectivity index (χ4v) is 2.42. The van der Waals surface area contributed by atoms with Gasteiger partial charge in [0.1, 0.15) is 5.82 Å². The van der Waals surface area contributed by atoms with Crippen LogP contribution in [-0.4, -0.2) is 36.9 Å². The van der Waals surface area contributed by atoms with Crippen molar-refractivity contribution < 1.29 is 18.9 Å². The third-order valence-electron chi connectivity index (χ3n) is 3.71. The molecular weight excluding hydrogens is 355 g/mol. The number of rotatable bonds is 8. The molecule has 3 N–H and O–H groups in total. The minimum Gasteiger partial charge on any atom is -0.387 e.